The molecule has 0 amide bonds. The molecule has 0 aromatic carbocycles. The molecule has 0 aliphatic heterocycles. The largest absolute Gasteiger partial charge is 0.463 e. The van der Waals surface area contributed by atoms with Crippen molar-refractivity contribution in [3.8, 4) is 11.5 Å². The Morgan fingerprint density at radius 1 is 1.50 bits per heavy atom. The maximum Gasteiger partial charge on any atom is 0.330 e. The van der Waals surface area contributed by atoms with E-state index in [1.807, 2.05) is 23.7 Å². The van der Waals surface area contributed by atoms with E-state index in [2.05, 4.69) is 25.9 Å². The number of aromatic nitrogens is 3. The first-order valence-electron chi connectivity index (χ1n) is 6.10. The molecule has 20 heavy (non-hydrogen) atoms. The van der Waals surface area contributed by atoms with Crippen molar-refractivity contribution in [2.24, 2.45) is 7.05 Å². The summed E-state index contributed by atoms with van der Waals surface area (Å²) in [7, 11) is 1.87. The molecule has 0 aliphatic carbocycles. The Morgan fingerprint density at radius 3 is 3.00 bits per heavy atom. The second-order valence-corrected chi connectivity index (χ2v) is 4.93. The predicted octanol–water partition coefficient (Wildman–Crippen LogP) is 2.82. The molecule has 0 atom stereocenters. The molecular weight excluding hydrogens is 322 g/mol. The van der Waals surface area contributed by atoms with Crippen LogP contribution < -0.4 is 0 Å². The van der Waals surface area contributed by atoms with Gasteiger partial charge in [0.1, 0.15) is 5.69 Å². The highest BCUT2D eigenvalue weighted by molar-refractivity contribution is 9.10. The van der Waals surface area contributed by atoms with Crippen molar-refractivity contribution in [2.75, 3.05) is 6.61 Å². The lowest BCUT2D eigenvalue weighted by molar-refractivity contribution is -0.137. The zero-order valence-electron chi connectivity index (χ0n) is 11.2. The van der Waals surface area contributed by atoms with Crippen molar-refractivity contribution in [1.82, 2.24) is 14.5 Å². The van der Waals surface area contributed by atoms with E-state index in [1.165, 1.54) is 6.08 Å². The van der Waals surface area contributed by atoms with Gasteiger partial charge in [-0.15, -0.1) is 0 Å². The van der Waals surface area contributed by atoms with Gasteiger partial charge in [-0.1, -0.05) is 15.9 Å². The van der Waals surface area contributed by atoms with Crippen LogP contribution in [0.5, 0.6) is 0 Å². The van der Waals surface area contributed by atoms with Crippen molar-refractivity contribution < 1.29 is 9.53 Å². The van der Waals surface area contributed by atoms with Crippen LogP contribution in [-0.4, -0.2) is 27.1 Å². The van der Waals surface area contributed by atoms with Crippen LogP contribution in [0, 0.1) is 0 Å². The molecule has 2 aromatic heterocycles. The maximum atomic E-state index is 11.3. The molecule has 0 radical (unpaired) electrons. The summed E-state index contributed by atoms with van der Waals surface area (Å²) in [6.07, 6.45) is 6.46. The highest BCUT2D eigenvalue weighted by atomic mass is 79.9. The van der Waals surface area contributed by atoms with Crippen molar-refractivity contribution in [3.63, 3.8) is 0 Å². The molecule has 2 aromatic rings. The second-order valence-electron chi connectivity index (χ2n) is 4.01. The van der Waals surface area contributed by atoms with Gasteiger partial charge in [0.2, 0.25) is 0 Å². The number of imidazole rings is 1. The summed E-state index contributed by atoms with van der Waals surface area (Å²) in [4.78, 5) is 19.9. The van der Waals surface area contributed by atoms with Gasteiger partial charge in [-0.05, 0) is 25.1 Å². The zero-order valence-corrected chi connectivity index (χ0v) is 12.8. The van der Waals surface area contributed by atoms with E-state index in [-0.39, 0.29) is 5.97 Å². The van der Waals surface area contributed by atoms with Gasteiger partial charge < -0.3 is 9.30 Å². The minimum absolute atomic E-state index is 0.363. The quantitative estimate of drug-likeness (QED) is 0.636. The molecule has 2 rings (SSSR count). The lowest BCUT2D eigenvalue weighted by Crippen LogP contribution is -2.00. The normalized spacial score (nSPS) is 10.9. The minimum atomic E-state index is -0.365. The molecule has 5 nitrogen and oxygen atoms in total. The van der Waals surface area contributed by atoms with Crippen molar-refractivity contribution in [1.29, 1.82) is 0 Å². The molecule has 0 N–H and O–H groups in total. The number of rotatable bonds is 4. The number of pyridine rings is 1. The summed E-state index contributed by atoms with van der Waals surface area (Å²) in [5.74, 6) is 0.366. The SMILES string of the molecule is CCOC(=O)/C=C/c1cnc(-c2cc(Br)ccn2)n1C. The Labute approximate surface area is 125 Å². The third-order valence-electron chi connectivity index (χ3n) is 2.65. The van der Waals surface area contributed by atoms with Crippen LogP contribution in [0.1, 0.15) is 12.6 Å². The first-order valence-corrected chi connectivity index (χ1v) is 6.89. The highest BCUT2D eigenvalue weighted by Gasteiger charge is 2.09. The Hall–Kier alpha value is -1.95. The standard InChI is InChI=1S/C14H14BrN3O2/c1-3-20-13(19)5-4-11-9-17-14(18(11)2)12-8-10(15)6-7-16-12/h4-9H,3H2,1-2H3/b5-4+. The molecule has 0 bridgehead atoms. The van der Waals surface area contributed by atoms with Gasteiger partial charge in [-0.3, -0.25) is 4.98 Å². The smallest absolute Gasteiger partial charge is 0.330 e. The van der Waals surface area contributed by atoms with Gasteiger partial charge in [0.05, 0.1) is 18.5 Å². The molecule has 0 fully saturated rings. The summed E-state index contributed by atoms with van der Waals surface area (Å²) in [6.45, 7) is 2.13. The monoisotopic (exact) mass is 335 g/mol. The maximum absolute atomic E-state index is 11.3. The third-order valence-corrected chi connectivity index (χ3v) is 3.15. The summed E-state index contributed by atoms with van der Waals surface area (Å²) in [6, 6.07) is 3.75. The van der Waals surface area contributed by atoms with E-state index in [0.29, 0.717) is 6.61 Å². The van der Waals surface area contributed by atoms with Crippen LogP contribution in [0.2, 0.25) is 0 Å². The van der Waals surface area contributed by atoms with Crippen molar-refractivity contribution in [2.45, 2.75) is 6.92 Å². The topological polar surface area (TPSA) is 57.0 Å². The zero-order chi connectivity index (χ0) is 14.5. The average Bonchev–Trinajstić information content (AvgIpc) is 2.78. The number of halogens is 1. The first kappa shape index (κ1) is 14.5. The van der Waals surface area contributed by atoms with E-state index in [0.717, 1.165) is 21.7 Å². The Bertz CT molecular complexity index is 650. The summed E-state index contributed by atoms with van der Waals surface area (Å²) >= 11 is 3.41. The fourth-order valence-electron chi connectivity index (χ4n) is 1.69. The van der Waals surface area contributed by atoms with E-state index in [4.69, 9.17) is 4.74 Å². The van der Waals surface area contributed by atoms with E-state index in [9.17, 15) is 4.79 Å². The average molecular weight is 336 g/mol. The van der Waals surface area contributed by atoms with Crippen LogP contribution in [0.4, 0.5) is 0 Å². The number of nitrogens with zero attached hydrogens (tertiary/aromatic N) is 3. The summed E-state index contributed by atoms with van der Waals surface area (Å²) in [5, 5.41) is 0. The summed E-state index contributed by atoms with van der Waals surface area (Å²) in [5.41, 5.74) is 1.56. The number of esters is 1. The molecular formula is C14H14BrN3O2. The molecule has 104 valence electrons. The summed E-state index contributed by atoms with van der Waals surface area (Å²) < 4.78 is 7.64. The minimum Gasteiger partial charge on any atom is -0.463 e. The molecule has 0 saturated heterocycles. The van der Waals surface area contributed by atoms with Crippen molar-refractivity contribution >= 4 is 28.0 Å². The van der Waals surface area contributed by atoms with E-state index >= 15 is 0 Å². The lowest BCUT2D eigenvalue weighted by Gasteiger charge is -2.03. The third kappa shape index (κ3) is 3.33. The van der Waals surface area contributed by atoms with Gasteiger partial charge in [-0.25, -0.2) is 9.78 Å². The fraction of sp³-hybridized carbons (Fsp3) is 0.214. The Morgan fingerprint density at radius 2 is 2.30 bits per heavy atom. The van der Waals surface area contributed by atoms with Crippen LogP contribution in [0.15, 0.2) is 35.1 Å². The number of carbonyl (C=O) groups excluding carboxylic acids is 1. The van der Waals surface area contributed by atoms with Crippen LogP contribution in [0.25, 0.3) is 17.6 Å². The molecule has 0 aliphatic rings. The Balaban J connectivity index is 2.25. The highest BCUT2D eigenvalue weighted by Crippen LogP contribution is 2.20. The van der Waals surface area contributed by atoms with Gasteiger partial charge in [-0.2, -0.15) is 0 Å². The lowest BCUT2D eigenvalue weighted by atomic mass is 10.3. The molecule has 0 unspecified atom stereocenters. The molecule has 2 heterocycles. The van der Waals surface area contributed by atoms with Crippen molar-refractivity contribution in [3.05, 3.63) is 40.8 Å². The predicted molar refractivity (Wildman–Crippen MR) is 79.8 cm³/mol. The number of hydrogen-bond donors (Lipinski definition) is 0. The fourth-order valence-corrected chi connectivity index (χ4v) is 2.02. The van der Waals surface area contributed by atoms with Gasteiger partial charge in [0.15, 0.2) is 5.82 Å². The number of ether oxygens (including phenoxy) is 1. The van der Waals surface area contributed by atoms with Crippen LogP contribution in [-0.2, 0) is 16.6 Å². The van der Waals surface area contributed by atoms with Gasteiger partial charge in [0, 0.05) is 23.8 Å². The van der Waals surface area contributed by atoms with Gasteiger partial charge in [0.25, 0.3) is 0 Å². The molecule has 6 heteroatoms. The first-order chi connectivity index (χ1) is 9.61. The number of carbonyl (C=O) groups is 1. The van der Waals surface area contributed by atoms with Crippen LogP contribution in [0.3, 0.4) is 0 Å². The van der Waals surface area contributed by atoms with E-state index in [1.54, 1.807) is 25.4 Å². The second kappa shape index (κ2) is 6.47. The Kier molecular flexibility index (Phi) is 4.68. The van der Waals surface area contributed by atoms with E-state index < -0.39 is 0 Å². The molecule has 0 spiro atoms. The number of hydrogen-bond acceptors (Lipinski definition) is 4. The molecule has 0 saturated carbocycles. The van der Waals surface area contributed by atoms with Gasteiger partial charge >= 0.3 is 5.97 Å². The van der Waals surface area contributed by atoms with Crippen LogP contribution >= 0.6 is 15.9 Å².